The van der Waals surface area contributed by atoms with Crippen molar-refractivity contribution >= 4 is 11.6 Å². The van der Waals surface area contributed by atoms with E-state index < -0.39 is 12.8 Å². The molecule has 0 aliphatic heterocycles. The van der Waals surface area contributed by atoms with E-state index in [0.717, 1.165) is 5.56 Å². The van der Waals surface area contributed by atoms with Crippen LogP contribution in [0.2, 0.25) is 5.02 Å². The van der Waals surface area contributed by atoms with Gasteiger partial charge in [0.2, 0.25) is 0 Å². The van der Waals surface area contributed by atoms with Crippen molar-refractivity contribution in [2.24, 2.45) is 0 Å². The van der Waals surface area contributed by atoms with E-state index in [4.69, 9.17) is 11.6 Å². The fourth-order valence-corrected chi connectivity index (χ4v) is 1.74. The Morgan fingerprint density at radius 2 is 2.06 bits per heavy atom. The molecule has 0 unspecified atom stereocenters. The molecule has 1 aliphatic carbocycles. The third-order valence-corrected chi connectivity index (χ3v) is 2.86. The molecule has 2 rings (SSSR count). The molecule has 18 heavy (non-hydrogen) atoms. The summed E-state index contributed by atoms with van der Waals surface area (Å²) >= 11 is 5.87. The van der Waals surface area contributed by atoms with E-state index in [9.17, 15) is 13.2 Å². The Morgan fingerprint density at radius 3 is 2.61 bits per heavy atom. The number of alkyl halides is 3. The molecular weight excluding hydrogens is 267 g/mol. The summed E-state index contributed by atoms with van der Waals surface area (Å²) in [5.41, 5.74) is 0.936. The van der Waals surface area contributed by atoms with E-state index in [1.807, 2.05) is 0 Å². The van der Waals surface area contributed by atoms with Gasteiger partial charge in [0.25, 0.3) is 0 Å². The second-order valence-electron chi connectivity index (χ2n) is 4.32. The summed E-state index contributed by atoms with van der Waals surface area (Å²) in [4.78, 5) is 0. The fraction of sp³-hybridized carbons (Fsp3) is 0.500. The molecule has 0 amide bonds. The maximum Gasteiger partial charge on any atom is 0.422 e. The number of halogens is 4. The fourth-order valence-electron chi connectivity index (χ4n) is 1.48. The molecule has 100 valence electrons. The maximum absolute atomic E-state index is 12.0. The first-order valence-electron chi connectivity index (χ1n) is 5.65. The van der Waals surface area contributed by atoms with Crippen molar-refractivity contribution in [2.45, 2.75) is 31.6 Å². The van der Waals surface area contributed by atoms with E-state index in [2.05, 4.69) is 10.1 Å². The van der Waals surface area contributed by atoms with Crippen LogP contribution in [0.25, 0.3) is 0 Å². The van der Waals surface area contributed by atoms with Gasteiger partial charge in [-0.05, 0) is 30.5 Å². The van der Waals surface area contributed by atoms with Gasteiger partial charge in [-0.25, -0.2) is 0 Å². The van der Waals surface area contributed by atoms with Crippen LogP contribution in [0.4, 0.5) is 13.2 Å². The van der Waals surface area contributed by atoms with Crippen molar-refractivity contribution in [1.29, 1.82) is 0 Å². The molecule has 1 aromatic rings. The summed E-state index contributed by atoms with van der Waals surface area (Å²) in [6, 6.07) is 5.39. The molecule has 1 N–H and O–H groups in total. The first kappa shape index (κ1) is 13.5. The quantitative estimate of drug-likeness (QED) is 0.890. The molecule has 0 atom stereocenters. The summed E-state index contributed by atoms with van der Waals surface area (Å²) in [6.45, 7) is -0.656. The predicted octanol–water partition coefficient (Wildman–Crippen LogP) is 3.53. The molecule has 2 nitrogen and oxygen atoms in total. The minimum atomic E-state index is -4.35. The first-order chi connectivity index (χ1) is 8.44. The molecule has 6 heteroatoms. The topological polar surface area (TPSA) is 21.3 Å². The summed E-state index contributed by atoms with van der Waals surface area (Å²) in [6.07, 6.45) is -1.99. The standard InChI is InChI=1S/C12H13ClF3NO/c13-10-5-8(6-17-9-2-3-9)1-4-11(10)18-7-12(14,15)16/h1,4-5,9,17H,2-3,6-7H2. The molecule has 0 bridgehead atoms. The minimum Gasteiger partial charge on any atom is -0.483 e. The Labute approximate surface area is 108 Å². The zero-order valence-electron chi connectivity index (χ0n) is 9.56. The Balaban J connectivity index is 1.91. The van der Waals surface area contributed by atoms with Gasteiger partial charge in [-0.1, -0.05) is 17.7 Å². The van der Waals surface area contributed by atoms with Gasteiger partial charge in [0.05, 0.1) is 5.02 Å². The lowest BCUT2D eigenvalue weighted by molar-refractivity contribution is -0.153. The van der Waals surface area contributed by atoms with Crippen molar-refractivity contribution in [3.05, 3.63) is 28.8 Å². The lowest BCUT2D eigenvalue weighted by Crippen LogP contribution is -2.19. The monoisotopic (exact) mass is 279 g/mol. The lowest BCUT2D eigenvalue weighted by atomic mass is 10.2. The van der Waals surface area contributed by atoms with Gasteiger partial charge in [-0.15, -0.1) is 0 Å². The first-order valence-corrected chi connectivity index (χ1v) is 6.03. The molecule has 1 fully saturated rings. The summed E-state index contributed by atoms with van der Waals surface area (Å²) in [7, 11) is 0. The van der Waals surface area contributed by atoms with Gasteiger partial charge < -0.3 is 10.1 Å². The van der Waals surface area contributed by atoms with E-state index >= 15 is 0 Å². The number of hydrogen-bond acceptors (Lipinski definition) is 2. The van der Waals surface area contributed by atoms with Crippen molar-refractivity contribution in [1.82, 2.24) is 5.32 Å². The number of rotatable bonds is 5. The smallest absolute Gasteiger partial charge is 0.422 e. The van der Waals surface area contributed by atoms with Gasteiger partial charge in [0.15, 0.2) is 6.61 Å². The number of benzene rings is 1. The van der Waals surface area contributed by atoms with Crippen LogP contribution in [0.5, 0.6) is 5.75 Å². The van der Waals surface area contributed by atoms with Crippen molar-refractivity contribution in [2.75, 3.05) is 6.61 Å². The van der Waals surface area contributed by atoms with E-state index in [1.54, 1.807) is 12.1 Å². The molecule has 0 radical (unpaired) electrons. The molecule has 0 heterocycles. The molecule has 0 saturated heterocycles. The van der Waals surface area contributed by atoms with Crippen LogP contribution in [0.3, 0.4) is 0 Å². The van der Waals surface area contributed by atoms with Crippen LogP contribution in [0.1, 0.15) is 18.4 Å². The average Bonchev–Trinajstić information content (AvgIpc) is 3.07. The highest BCUT2D eigenvalue weighted by atomic mass is 35.5. The largest absolute Gasteiger partial charge is 0.483 e. The van der Waals surface area contributed by atoms with Crippen LogP contribution < -0.4 is 10.1 Å². The molecule has 0 aromatic heterocycles. The third kappa shape index (κ3) is 4.38. The third-order valence-electron chi connectivity index (χ3n) is 2.56. The summed E-state index contributed by atoms with van der Waals surface area (Å²) in [5.74, 6) is 0.0594. The van der Waals surface area contributed by atoms with Crippen molar-refractivity contribution < 1.29 is 17.9 Å². The van der Waals surface area contributed by atoms with E-state index in [0.29, 0.717) is 12.6 Å². The summed E-state index contributed by atoms with van der Waals surface area (Å²) < 4.78 is 40.6. The Kier molecular flexibility index (Phi) is 4.02. The van der Waals surface area contributed by atoms with Gasteiger partial charge in [-0.2, -0.15) is 13.2 Å². The normalized spacial score (nSPS) is 15.8. The van der Waals surface area contributed by atoms with Gasteiger partial charge in [0.1, 0.15) is 5.75 Å². The van der Waals surface area contributed by atoms with Gasteiger partial charge >= 0.3 is 6.18 Å². The van der Waals surface area contributed by atoms with Crippen LogP contribution in [0.15, 0.2) is 18.2 Å². The highest BCUT2D eigenvalue weighted by Crippen LogP contribution is 2.28. The zero-order valence-corrected chi connectivity index (χ0v) is 10.3. The van der Waals surface area contributed by atoms with Gasteiger partial charge in [0, 0.05) is 12.6 Å². The van der Waals surface area contributed by atoms with Crippen LogP contribution >= 0.6 is 11.6 Å². The predicted molar refractivity (Wildman–Crippen MR) is 62.9 cm³/mol. The maximum atomic E-state index is 12.0. The van der Waals surface area contributed by atoms with Crippen LogP contribution in [0, 0.1) is 0 Å². The average molecular weight is 280 g/mol. The molecule has 1 aliphatic rings. The number of ether oxygens (including phenoxy) is 1. The minimum absolute atomic E-state index is 0.0594. The highest BCUT2D eigenvalue weighted by Gasteiger charge is 2.28. The van der Waals surface area contributed by atoms with Crippen LogP contribution in [-0.4, -0.2) is 18.8 Å². The van der Waals surface area contributed by atoms with Crippen LogP contribution in [-0.2, 0) is 6.54 Å². The van der Waals surface area contributed by atoms with E-state index in [1.165, 1.54) is 18.9 Å². The highest BCUT2D eigenvalue weighted by molar-refractivity contribution is 6.32. The van der Waals surface area contributed by atoms with E-state index in [-0.39, 0.29) is 10.8 Å². The molecular formula is C12H13ClF3NO. The second kappa shape index (κ2) is 5.36. The number of hydrogen-bond donors (Lipinski definition) is 1. The Morgan fingerprint density at radius 1 is 1.33 bits per heavy atom. The van der Waals surface area contributed by atoms with Crippen molar-refractivity contribution in [3.8, 4) is 5.75 Å². The lowest BCUT2D eigenvalue weighted by Gasteiger charge is -2.11. The summed E-state index contributed by atoms with van der Waals surface area (Å²) in [5, 5.41) is 3.50. The Hall–Kier alpha value is -0.940. The Bertz CT molecular complexity index is 418. The molecule has 0 spiro atoms. The molecule has 1 aromatic carbocycles. The molecule has 1 saturated carbocycles. The SMILES string of the molecule is FC(F)(F)COc1ccc(CNC2CC2)cc1Cl. The van der Waals surface area contributed by atoms with Gasteiger partial charge in [-0.3, -0.25) is 0 Å². The zero-order chi connectivity index (χ0) is 13.2. The number of nitrogens with one attached hydrogen (secondary N) is 1. The second-order valence-corrected chi connectivity index (χ2v) is 4.73. The van der Waals surface area contributed by atoms with Crippen molar-refractivity contribution in [3.63, 3.8) is 0 Å².